The van der Waals surface area contributed by atoms with Crippen LogP contribution in [0.3, 0.4) is 0 Å². The van der Waals surface area contributed by atoms with Crippen molar-refractivity contribution < 1.29 is 0 Å². The van der Waals surface area contributed by atoms with Crippen LogP contribution in [0.5, 0.6) is 0 Å². The lowest BCUT2D eigenvalue weighted by Gasteiger charge is -2.39. The van der Waals surface area contributed by atoms with E-state index in [0.29, 0.717) is 11.5 Å². The molecule has 0 spiro atoms. The van der Waals surface area contributed by atoms with Gasteiger partial charge in [0.25, 0.3) is 0 Å². The molecule has 4 heteroatoms. The zero-order valence-corrected chi connectivity index (χ0v) is 10.5. The lowest BCUT2D eigenvalue weighted by atomic mass is 9.78. The van der Waals surface area contributed by atoms with Gasteiger partial charge in [-0.3, -0.25) is 5.43 Å². The van der Waals surface area contributed by atoms with E-state index in [-0.39, 0.29) is 0 Å². The van der Waals surface area contributed by atoms with Crippen LogP contribution in [-0.4, -0.2) is 30.0 Å². The number of nitrogens with zero attached hydrogens (tertiary/aromatic N) is 2. The van der Waals surface area contributed by atoms with E-state index >= 15 is 0 Å². The molecule has 0 unspecified atom stereocenters. The van der Waals surface area contributed by atoms with Gasteiger partial charge in [-0.1, -0.05) is 20.3 Å². The fourth-order valence-electron chi connectivity index (χ4n) is 2.20. The Bertz CT molecular complexity index is 262. The van der Waals surface area contributed by atoms with Crippen LogP contribution in [0.1, 0.15) is 46.0 Å². The summed E-state index contributed by atoms with van der Waals surface area (Å²) in [6, 6.07) is 0.533. The number of hydrazine groups is 1. The monoisotopic (exact) mass is 224 g/mol. The highest BCUT2D eigenvalue weighted by atomic mass is 15.4. The number of guanidine groups is 1. The zero-order chi connectivity index (χ0) is 11.6. The third kappa shape index (κ3) is 2.67. The quantitative estimate of drug-likeness (QED) is 0.323. The number of nitrogens with one attached hydrogen (secondary N) is 1. The molecule has 3 N–H and O–H groups in total. The summed E-state index contributed by atoms with van der Waals surface area (Å²) in [6.45, 7) is 6.84. The van der Waals surface area contributed by atoms with Gasteiger partial charge in [0.15, 0.2) is 0 Å². The highest BCUT2D eigenvalue weighted by molar-refractivity contribution is 5.79. The Balaban J connectivity index is 1.91. The van der Waals surface area contributed by atoms with Crippen molar-refractivity contribution in [2.45, 2.75) is 52.0 Å². The molecule has 1 heterocycles. The molecule has 0 radical (unpaired) electrons. The first-order chi connectivity index (χ1) is 7.67. The Labute approximate surface area is 98.3 Å². The first-order valence-electron chi connectivity index (χ1n) is 6.46. The first kappa shape index (κ1) is 11.7. The Hall–Kier alpha value is -0.770. The molecule has 0 bridgehead atoms. The van der Waals surface area contributed by atoms with Gasteiger partial charge in [0.2, 0.25) is 5.96 Å². The number of hydrogen-bond acceptors (Lipinski definition) is 2. The minimum atomic E-state index is 0.524. The molecule has 16 heavy (non-hydrogen) atoms. The highest BCUT2D eigenvalue weighted by Gasteiger charge is 2.30. The maximum atomic E-state index is 5.56. The fourth-order valence-corrected chi connectivity index (χ4v) is 2.20. The van der Waals surface area contributed by atoms with E-state index in [0.717, 1.165) is 19.0 Å². The number of nitrogens with two attached hydrogens (primary N) is 1. The molecule has 2 fully saturated rings. The van der Waals surface area contributed by atoms with Crippen LogP contribution in [0.2, 0.25) is 0 Å². The summed E-state index contributed by atoms with van der Waals surface area (Å²) in [7, 11) is 0. The number of aliphatic imine (C=N–C) groups is 1. The maximum Gasteiger partial charge on any atom is 0.208 e. The van der Waals surface area contributed by atoms with Gasteiger partial charge in [0.1, 0.15) is 0 Å². The van der Waals surface area contributed by atoms with Crippen molar-refractivity contribution in [3.63, 3.8) is 0 Å². The Morgan fingerprint density at radius 3 is 2.50 bits per heavy atom. The van der Waals surface area contributed by atoms with Crippen LogP contribution >= 0.6 is 0 Å². The van der Waals surface area contributed by atoms with E-state index < -0.39 is 0 Å². The summed E-state index contributed by atoms with van der Waals surface area (Å²) >= 11 is 0. The van der Waals surface area contributed by atoms with Crippen LogP contribution in [0, 0.1) is 5.41 Å². The minimum Gasteiger partial charge on any atom is -0.342 e. The molecule has 2 aliphatic rings. The largest absolute Gasteiger partial charge is 0.342 e. The van der Waals surface area contributed by atoms with Crippen LogP contribution in [0.25, 0.3) is 0 Å². The van der Waals surface area contributed by atoms with Crippen LogP contribution in [-0.2, 0) is 0 Å². The second kappa shape index (κ2) is 4.62. The molecule has 0 atom stereocenters. The van der Waals surface area contributed by atoms with Gasteiger partial charge in [0.05, 0.1) is 6.04 Å². The Kier molecular flexibility index (Phi) is 3.38. The average molecular weight is 224 g/mol. The van der Waals surface area contributed by atoms with Gasteiger partial charge in [0, 0.05) is 13.1 Å². The molecule has 0 amide bonds. The summed E-state index contributed by atoms with van der Waals surface area (Å²) in [5.74, 6) is 6.46. The van der Waals surface area contributed by atoms with Crippen molar-refractivity contribution in [1.82, 2.24) is 10.3 Å². The van der Waals surface area contributed by atoms with Crippen LogP contribution in [0.4, 0.5) is 0 Å². The molecule has 1 aliphatic carbocycles. The van der Waals surface area contributed by atoms with Gasteiger partial charge < -0.3 is 4.90 Å². The van der Waals surface area contributed by atoms with Crippen molar-refractivity contribution in [2.24, 2.45) is 16.3 Å². The summed E-state index contributed by atoms with van der Waals surface area (Å²) < 4.78 is 0. The molecule has 1 saturated heterocycles. The van der Waals surface area contributed by atoms with Gasteiger partial charge in [-0.05, 0) is 31.1 Å². The molecular formula is C12H24N4. The van der Waals surface area contributed by atoms with E-state index in [2.05, 4.69) is 29.2 Å². The van der Waals surface area contributed by atoms with Crippen LogP contribution in [0.15, 0.2) is 4.99 Å². The maximum absolute atomic E-state index is 5.56. The normalized spacial score (nSPS) is 25.7. The smallest absolute Gasteiger partial charge is 0.208 e. The van der Waals surface area contributed by atoms with E-state index in [1.165, 1.54) is 32.1 Å². The summed E-state index contributed by atoms with van der Waals surface area (Å²) in [4.78, 5) is 6.91. The molecule has 0 aromatic carbocycles. The molecule has 1 saturated carbocycles. The molecule has 0 aromatic heterocycles. The second-order valence-corrected chi connectivity index (χ2v) is 5.48. The SMILES string of the molecule is CCC1(C)CCN(C(=NC2CC2)NN)CC1. The number of rotatable bonds is 2. The summed E-state index contributed by atoms with van der Waals surface area (Å²) in [6.07, 6.45) is 6.22. The molecule has 92 valence electrons. The lowest BCUT2D eigenvalue weighted by molar-refractivity contribution is 0.159. The van der Waals surface area contributed by atoms with E-state index in [1.807, 2.05) is 0 Å². The molecule has 4 nitrogen and oxygen atoms in total. The fraction of sp³-hybridized carbons (Fsp3) is 0.917. The topological polar surface area (TPSA) is 53.6 Å². The Morgan fingerprint density at radius 2 is 2.06 bits per heavy atom. The molecule has 0 aromatic rings. The van der Waals surface area contributed by atoms with Crippen molar-refractivity contribution >= 4 is 5.96 Å². The van der Waals surface area contributed by atoms with Gasteiger partial charge in [-0.15, -0.1) is 0 Å². The number of hydrogen-bond donors (Lipinski definition) is 2. The molecular weight excluding hydrogens is 200 g/mol. The second-order valence-electron chi connectivity index (χ2n) is 5.48. The first-order valence-corrected chi connectivity index (χ1v) is 6.46. The highest BCUT2D eigenvalue weighted by Crippen LogP contribution is 2.34. The van der Waals surface area contributed by atoms with Gasteiger partial charge in [-0.25, -0.2) is 10.8 Å². The summed E-state index contributed by atoms with van der Waals surface area (Å²) in [5.41, 5.74) is 3.29. The van der Waals surface area contributed by atoms with Crippen molar-refractivity contribution in [2.75, 3.05) is 13.1 Å². The van der Waals surface area contributed by atoms with Gasteiger partial charge in [-0.2, -0.15) is 0 Å². The standard InChI is InChI=1S/C12H24N4/c1-3-12(2)6-8-16(9-7-12)11(15-13)14-10-4-5-10/h10H,3-9,13H2,1-2H3,(H,14,15). The lowest BCUT2D eigenvalue weighted by Crippen LogP contribution is -2.49. The molecule has 2 rings (SSSR count). The predicted octanol–water partition coefficient (Wildman–Crippen LogP) is 1.48. The predicted molar refractivity (Wildman–Crippen MR) is 67.0 cm³/mol. The van der Waals surface area contributed by atoms with Crippen LogP contribution < -0.4 is 11.3 Å². The van der Waals surface area contributed by atoms with Crippen molar-refractivity contribution in [3.05, 3.63) is 0 Å². The third-order valence-electron chi connectivity index (χ3n) is 4.10. The van der Waals surface area contributed by atoms with Crippen molar-refractivity contribution in [1.29, 1.82) is 0 Å². The number of likely N-dealkylation sites (tertiary alicyclic amines) is 1. The summed E-state index contributed by atoms with van der Waals surface area (Å²) in [5, 5.41) is 0. The Morgan fingerprint density at radius 1 is 1.44 bits per heavy atom. The molecule has 1 aliphatic heterocycles. The minimum absolute atomic E-state index is 0.524. The van der Waals surface area contributed by atoms with E-state index in [9.17, 15) is 0 Å². The van der Waals surface area contributed by atoms with E-state index in [4.69, 9.17) is 5.84 Å². The van der Waals surface area contributed by atoms with Crippen molar-refractivity contribution in [3.8, 4) is 0 Å². The number of piperidine rings is 1. The zero-order valence-electron chi connectivity index (χ0n) is 10.5. The average Bonchev–Trinajstić information content (AvgIpc) is 3.11. The van der Waals surface area contributed by atoms with E-state index in [1.54, 1.807) is 0 Å². The third-order valence-corrected chi connectivity index (χ3v) is 4.10. The van der Waals surface area contributed by atoms with Gasteiger partial charge >= 0.3 is 0 Å².